The van der Waals surface area contributed by atoms with Crippen molar-refractivity contribution in [3.8, 4) is 0 Å². The monoisotopic (exact) mass is 308 g/mol. The van der Waals surface area contributed by atoms with Gasteiger partial charge in [0.15, 0.2) is 0 Å². The van der Waals surface area contributed by atoms with Crippen molar-refractivity contribution < 1.29 is 15.0 Å². The van der Waals surface area contributed by atoms with Crippen LogP contribution in [0.25, 0.3) is 17.7 Å². The fourth-order valence-electron chi connectivity index (χ4n) is 2.37. The molecular weight excluding hydrogens is 288 g/mol. The van der Waals surface area contributed by atoms with Crippen LogP contribution in [0.1, 0.15) is 25.3 Å². The molecular formula is C20H20O3. The van der Waals surface area contributed by atoms with Crippen LogP contribution in [0.2, 0.25) is 0 Å². The lowest BCUT2D eigenvalue weighted by molar-refractivity contribution is -0.132. The number of aliphatic carboxylic acids is 1. The number of benzene rings is 1. The van der Waals surface area contributed by atoms with Crippen LogP contribution in [0.3, 0.4) is 0 Å². The highest BCUT2D eigenvalue weighted by Gasteiger charge is 2.05. The molecule has 3 nitrogen and oxygen atoms in total. The summed E-state index contributed by atoms with van der Waals surface area (Å²) in [6.07, 6.45) is 11.8. The molecule has 0 amide bonds. The third-order valence-electron chi connectivity index (χ3n) is 3.74. The number of carboxylic acid groups (broad SMARTS) is 1. The average molecular weight is 308 g/mol. The van der Waals surface area contributed by atoms with Crippen LogP contribution >= 0.6 is 0 Å². The minimum absolute atomic E-state index is 0.172. The molecule has 1 aliphatic carbocycles. The Morgan fingerprint density at radius 3 is 2.70 bits per heavy atom. The Bertz CT molecular complexity index is 836. The molecule has 0 bridgehead atoms. The first-order valence-corrected chi connectivity index (χ1v) is 7.45. The molecule has 1 aromatic rings. The highest BCUT2D eigenvalue weighted by atomic mass is 16.4. The van der Waals surface area contributed by atoms with Crippen molar-refractivity contribution in [3.63, 3.8) is 0 Å². The lowest BCUT2D eigenvalue weighted by atomic mass is 10.0. The van der Waals surface area contributed by atoms with Gasteiger partial charge in [0.1, 0.15) is 5.76 Å². The molecule has 0 fully saturated rings. The number of aliphatic hydroxyl groups excluding tert-OH is 1. The van der Waals surface area contributed by atoms with Gasteiger partial charge in [0, 0.05) is 0 Å². The minimum Gasteiger partial charge on any atom is -0.508 e. The van der Waals surface area contributed by atoms with Crippen molar-refractivity contribution in [2.24, 2.45) is 0 Å². The molecule has 1 aliphatic rings. The van der Waals surface area contributed by atoms with Crippen molar-refractivity contribution in [1.29, 1.82) is 0 Å². The van der Waals surface area contributed by atoms with Gasteiger partial charge in [-0.05, 0) is 65.6 Å². The Balaban J connectivity index is 2.33. The number of hydrogen-bond acceptors (Lipinski definition) is 2. The number of allylic oxidation sites excluding steroid dienone is 5. The lowest BCUT2D eigenvalue weighted by Crippen LogP contribution is -2.24. The van der Waals surface area contributed by atoms with Crippen LogP contribution in [0.4, 0.5) is 0 Å². The summed E-state index contributed by atoms with van der Waals surface area (Å²) >= 11 is 0. The first-order chi connectivity index (χ1) is 11.0. The molecule has 0 heterocycles. The molecule has 0 aliphatic heterocycles. The van der Waals surface area contributed by atoms with E-state index in [1.54, 1.807) is 18.2 Å². The van der Waals surface area contributed by atoms with Gasteiger partial charge >= 0.3 is 5.97 Å². The smallest absolute Gasteiger partial charge is 0.335 e. The van der Waals surface area contributed by atoms with E-state index in [1.807, 2.05) is 31.2 Å². The van der Waals surface area contributed by atoms with Gasteiger partial charge in [-0.2, -0.15) is 0 Å². The van der Waals surface area contributed by atoms with Gasteiger partial charge in [-0.1, -0.05) is 36.9 Å². The largest absolute Gasteiger partial charge is 0.508 e. The molecule has 118 valence electrons. The van der Waals surface area contributed by atoms with Gasteiger partial charge < -0.3 is 10.2 Å². The molecule has 2 N–H and O–H groups in total. The summed E-state index contributed by atoms with van der Waals surface area (Å²) in [5.74, 6) is -0.730. The van der Waals surface area contributed by atoms with E-state index in [9.17, 15) is 9.90 Å². The number of carbonyl (C=O) groups is 1. The maximum Gasteiger partial charge on any atom is 0.335 e. The SMILES string of the molecule is C=C/C(O)=C\C/C=C(\C)c1ccc2c(c1)=CCC=C(C(=O)O)C=2. The molecule has 0 unspecified atom stereocenters. The van der Waals surface area contributed by atoms with Gasteiger partial charge in [-0.15, -0.1) is 0 Å². The van der Waals surface area contributed by atoms with Crippen molar-refractivity contribution in [2.75, 3.05) is 0 Å². The highest BCUT2D eigenvalue weighted by Crippen LogP contribution is 2.12. The van der Waals surface area contributed by atoms with Crippen molar-refractivity contribution in [1.82, 2.24) is 0 Å². The number of aliphatic hydroxyl groups is 1. The summed E-state index contributed by atoms with van der Waals surface area (Å²) in [5.41, 5.74) is 2.51. The van der Waals surface area contributed by atoms with Crippen molar-refractivity contribution >= 4 is 23.7 Å². The third-order valence-corrected chi connectivity index (χ3v) is 3.74. The summed E-state index contributed by atoms with van der Waals surface area (Å²) in [6, 6.07) is 5.99. The van der Waals surface area contributed by atoms with Gasteiger partial charge in [-0.3, -0.25) is 0 Å². The van der Waals surface area contributed by atoms with E-state index in [0.717, 1.165) is 21.6 Å². The van der Waals surface area contributed by atoms with Gasteiger partial charge in [0.25, 0.3) is 0 Å². The molecule has 23 heavy (non-hydrogen) atoms. The first-order valence-electron chi connectivity index (χ1n) is 7.45. The molecule has 3 heteroatoms. The molecule has 1 aromatic carbocycles. The lowest BCUT2D eigenvalue weighted by Gasteiger charge is -2.02. The molecule has 2 rings (SSSR count). The Hall–Kier alpha value is -2.81. The normalized spacial score (nSPS) is 14.7. The Morgan fingerprint density at radius 1 is 1.22 bits per heavy atom. The molecule has 0 spiro atoms. The predicted molar refractivity (Wildman–Crippen MR) is 94.1 cm³/mol. The summed E-state index contributed by atoms with van der Waals surface area (Å²) in [4.78, 5) is 11.1. The van der Waals surface area contributed by atoms with Crippen molar-refractivity contribution in [2.45, 2.75) is 19.8 Å². The van der Waals surface area contributed by atoms with E-state index in [4.69, 9.17) is 5.11 Å². The number of rotatable bonds is 5. The fourth-order valence-corrected chi connectivity index (χ4v) is 2.37. The fraction of sp³-hybridized carbons (Fsp3) is 0.150. The Labute approximate surface area is 135 Å². The molecule has 0 atom stereocenters. The molecule has 0 aromatic heterocycles. The zero-order valence-electron chi connectivity index (χ0n) is 13.1. The van der Waals surface area contributed by atoms with Gasteiger partial charge in [0.05, 0.1) is 5.57 Å². The summed E-state index contributed by atoms with van der Waals surface area (Å²) in [7, 11) is 0. The van der Waals surface area contributed by atoms with E-state index in [1.165, 1.54) is 6.08 Å². The second kappa shape index (κ2) is 7.45. The quantitative estimate of drug-likeness (QED) is 0.649. The zero-order valence-corrected chi connectivity index (χ0v) is 13.1. The first kappa shape index (κ1) is 16.6. The van der Waals surface area contributed by atoms with E-state index >= 15 is 0 Å². The van der Waals surface area contributed by atoms with E-state index in [-0.39, 0.29) is 5.76 Å². The highest BCUT2D eigenvalue weighted by molar-refractivity contribution is 5.96. The standard InChI is InChI=1S/C20H20O3/c1-3-19(21)9-4-6-14(2)15-10-11-17-13-18(20(22)23)8-5-7-16(17)12-15/h3,6-13,21H,1,4-5H2,2H3,(H,22,23)/b14-6+,19-9+. The summed E-state index contributed by atoms with van der Waals surface area (Å²) in [6.45, 7) is 5.51. The maximum atomic E-state index is 11.1. The van der Waals surface area contributed by atoms with Crippen LogP contribution in [-0.4, -0.2) is 16.2 Å². The molecule has 0 saturated carbocycles. The van der Waals surface area contributed by atoms with Crippen LogP contribution < -0.4 is 10.4 Å². The van der Waals surface area contributed by atoms with Crippen LogP contribution in [-0.2, 0) is 4.79 Å². The topological polar surface area (TPSA) is 57.5 Å². The van der Waals surface area contributed by atoms with Gasteiger partial charge in [-0.25, -0.2) is 4.79 Å². The van der Waals surface area contributed by atoms with E-state index in [0.29, 0.717) is 18.4 Å². The average Bonchev–Trinajstić information content (AvgIpc) is 2.76. The second-order valence-electron chi connectivity index (χ2n) is 5.35. The zero-order chi connectivity index (χ0) is 16.8. The number of hydrogen-bond donors (Lipinski definition) is 2. The Morgan fingerprint density at radius 2 is 2.00 bits per heavy atom. The maximum absolute atomic E-state index is 11.1. The van der Waals surface area contributed by atoms with Crippen LogP contribution in [0.5, 0.6) is 0 Å². The molecule has 0 saturated heterocycles. The van der Waals surface area contributed by atoms with E-state index in [2.05, 4.69) is 12.6 Å². The third kappa shape index (κ3) is 4.33. The predicted octanol–water partition coefficient (Wildman–Crippen LogP) is 3.08. The van der Waals surface area contributed by atoms with E-state index < -0.39 is 5.97 Å². The minimum atomic E-state index is -0.903. The molecule has 0 radical (unpaired) electrons. The van der Waals surface area contributed by atoms with Crippen LogP contribution in [0, 0.1) is 0 Å². The van der Waals surface area contributed by atoms with Gasteiger partial charge in [0.2, 0.25) is 0 Å². The summed E-state index contributed by atoms with van der Waals surface area (Å²) in [5, 5.41) is 20.4. The van der Waals surface area contributed by atoms with Crippen LogP contribution in [0.15, 0.2) is 60.4 Å². The number of fused-ring (bicyclic) bond motifs is 1. The van der Waals surface area contributed by atoms with Crippen molar-refractivity contribution in [3.05, 3.63) is 76.4 Å². The Kier molecular flexibility index (Phi) is 5.36. The number of carboxylic acids is 1. The second-order valence-corrected chi connectivity index (χ2v) is 5.35. The summed E-state index contributed by atoms with van der Waals surface area (Å²) < 4.78 is 0.